The van der Waals surface area contributed by atoms with Crippen molar-refractivity contribution in [3.8, 4) is 0 Å². The zero-order chi connectivity index (χ0) is 53.2. The topological polar surface area (TPSA) is 273 Å². The summed E-state index contributed by atoms with van der Waals surface area (Å²) in [5.74, 6) is -2.54. The molecule has 5 N–H and O–H groups in total. The largest absolute Gasteiger partial charge is 0.481 e. The molecule has 0 aliphatic rings. The third-order valence-corrected chi connectivity index (χ3v) is 10.8. The van der Waals surface area contributed by atoms with Crippen LogP contribution in [0.2, 0.25) is 0 Å². The molecule has 0 radical (unpaired) electrons. The first-order chi connectivity index (χ1) is 35.8. The van der Waals surface area contributed by atoms with E-state index >= 15 is 0 Å². The van der Waals surface area contributed by atoms with Crippen LogP contribution in [0.15, 0.2) is 0 Å². The molecule has 0 aromatic rings. The first-order valence-corrected chi connectivity index (χ1v) is 26.9. The normalized spacial score (nSPS) is 11.7. The van der Waals surface area contributed by atoms with Gasteiger partial charge in [0.1, 0.15) is 6.04 Å². The van der Waals surface area contributed by atoms with Crippen molar-refractivity contribution in [3.63, 3.8) is 0 Å². The highest BCUT2D eigenvalue weighted by Crippen LogP contribution is 2.14. The number of hydrogen-bond donors (Lipinski definition) is 5. The van der Waals surface area contributed by atoms with Gasteiger partial charge >= 0.3 is 11.9 Å². The summed E-state index contributed by atoms with van der Waals surface area (Å²) in [7, 11) is 1.60. The Hall–Kier alpha value is -3.13. The molecule has 0 aliphatic heterocycles. The average Bonchev–Trinajstić information content (AvgIpc) is 3.37. The van der Waals surface area contributed by atoms with Crippen LogP contribution in [0.4, 0.5) is 0 Å². The predicted molar refractivity (Wildman–Crippen MR) is 272 cm³/mol. The molecule has 73 heavy (non-hydrogen) atoms. The Morgan fingerprint density at radius 3 is 0.918 bits per heavy atom. The van der Waals surface area contributed by atoms with Crippen molar-refractivity contribution in [2.45, 2.75) is 128 Å². The second-order valence-electron chi connectivity index (χ2n) is 17.0. The van der Waals surface area contributed by atoms with Crippen molar-refractivity contribution >= 4 is 29.7 Å². The first kappa shape index (κ1) is 69.9. The molecular formula is C51H97N3O19. The van der Waals surface area contributed by atoms with Gasteiger partial charge in [0.15, 0.2) is 0 Å². The summed E-state index contributed by atoms with van der Waals surface area (Å²) in [6.45, 7) is 10.8. The Kier molecular flexibility index (Phi) is 55.6. The molecule has 22 heteroatoms. The van der Waals surface area contributed by atoms with Crippen molar-refractivity contribution in [2.24, 2.45) is 0 Å². The highest BCUT2D eigenvalue weighted by Gasteiger charge is 2.21. The van der Waals surface area contributed by atoms with Gasteiger partial charge in [0, 0.05) is 39.3 Å². The third kappa shape index (κ3) is 58.0. The lowest BCUT2D eigenvalue weighted by atomic mass is 10.0. The number of carboxylic acids is 2. The summed E-state index contributed by atoms with van der Waals surface area (Å²) in [6, 6.07) is -1.11. The van der Waals surface area contributed by atoms with Crippen LogP contribution in [0, 0.1) is 0 Å². The SMILES string of the molecule is CNC(=O)CCOCCOCCOCCOCCOCCOCCOCCOCCOCCOCCOCCOCCNC(=O)CC[C@H](NC(=O)CCCCCCCCCCCCCCCCC(=O)O)C(=O)O. The zero-order valence-corrected chi connectivity index (χ0v) is 44.5. The molecule has 0 aliphatic carbocycles. The molecule has 0 saturated heterocycles. The van der Waals surface area contributed by atoms with E-state index < -0.39 is 18.0 Å². The quantitative estimate of drug-likeness (QED) is 0.0536. The number of carboxylic acid groups (broad SMARTS) is 2. The molecule has 0 aromatic heterocycles. The van der Waals surface area contributed by atoms with E-state index in [1.807, 2.05) is 0 Å². The first-order valence-electron chi connectivity index (χ1n) is 26.9. The third-order valence-electron chi connectivity index (χ3n) is 10.8. The number of rotatable bonds is 61. The van der Waals surface area contributed by atoms with Crippen LogP contribution in [-0.2, 0) is 80.8 Å². The minimum absolute atomic E-state index is 0.00471. The molecule has 0 bridgehead atoms. The molecule has 0 heterocycles. The second kappa shape index (κ2) is 58.1. The Labute approximate surface area is 435 Å². The number of carbonyl (C=O) groups excluding carboxylic acids is 3. The number of unbranched alkanes of at least 4 members (excludes halogenated alkanes) is 13. The number of hydrogen-bond acceptors (Lipinski definition) is 17. The minimum atomic E-state index is -1.16. The van der Waals surface area contributed by atoms with E-state index in [2.05, 4.69) is 16.0 Å². The van der Waals surface area contributed by atoms with Crippen molar-refractivity contribution in [3.05, 3.63) is 0 Å². The van der Waals surface area contributed by atoms with E-state index in [-0.39, 0.29) is 56.6 Å². The Morgan fingerprint density at radius 1 is 0.329 bits per heavy atom. The lowest BCUT2D eigenvalue weighted by molar-refractivity contribution is -0.142. The minimum Gasteiger partial charge on any atom is -0.481 e. The molecule has 0 unspecified atom stereocenters. The van der Waals surface area contributed by atoms with E-state index in [4.69, 9.17) is 61.9 Å². The van der Waals surface area contributed by atoms with Crippen molar-refractivity contribution < 1.29 is 91.0 Å². The molecule has 430 valence electrons. The van der Waals surface area contributed by atoms with Crippen molar-refractivity contribution in [2.75, 3.05) is 172 Å². The number of nitrogens with one attached hydrogen (secondary N) is 3. The predicted octanol–water partition coefficient (Wildman–Crippen LogP) is 4.11. The van der Waals surface area contributed by atoms with Crippen LogP contribution >= 0.6 is 0 Å². The van der Waals surface area contributed by atoms with Crippen LogP contribution in [-0.4, -0.2) is 218 Å². The van der Waals surface area contributed by atoms with Gasteiger partial charge in [-0.25, -0.2) is 4.79 Å². The van der Waals surface area contributed by atoms with E-state index in [0.717, 1.165) is 38.5 Å². The maximum atomic E-state index is 12.4. The smallest absolute Gasteiger partial charge is 0.326 e. The summed E-state index contributed by atoms with van der Waals surface area (Å²) >= 11 is 0. The average molecular weight is 1060 g/mol. The highest BCUT2D eigenvalue weighted by molar-refractivity contribution is 5.84. The second-order valence-corrected chi connectivity index (χ2v) is 17.0. The van der Waals surface area contributed by atoms with Gasteiger partial charge in [-0.1, -0.05) is 77.0 Å². The number of ether oxygens (including phenoxy) is 12. The van der Waals surface area contributed by atoms with Gasteiger partial charge in [0.25, 0.3) is 0 Å². The summed E-state index contributed by atoms with van der Waals surface area (Å²) in [4.78, 5) is 57.9. The monoisotopic (exact) mass is 1060 g/mol. The lowest BCUT2D eigenvalue weighted by Gasteiger charge is -2.14. The van der Waals surface area contributed by atoms with Gasteiger partial charge in [-0.15, -0.1) is 0 Å². The van der Waals surface area contributed by atoms with Crippen LogP contribution in [0.1, 0.15) is 122 Å². The molecule has 3 amide bonds. The molecule has 0 saturated carbocycles. The Balaban J connectivity index is 3.38. The molecule has 0 aromatic carbocycles. The summed E-state index contributed by atoms with van der Waals surface area (Å²) in [5, 5.41) is 26.0. The van der Waals surface area contributed by atoms with E-state index in [0.29, 0.717) is 165 Å². The van der Waals surface area contributed by atoms with Gasteiger partial charge in [-0.3, -0.25) is 19.2 Å². The van der Waals surface area contributed by atoms with Gasteiger partial charge < -0.3 is 83.0 Å². The Morgan fingerprint density at radius 2 is 0.616 bits per heavy atom. The van der Waals surface area contributed by atoms with Crippen LogP contribution in [0.5, 0.6) is 0 Å². The molecule has 22 nitrogen and oxygen atoms in total. The van der Waals surface area contributed by atoms with Crippen LogP contribution in [0.3, 0.4) is 0 Å². The van der Waals surface area contributed by atoms with Gasteiger partial charge in [-0.2, -0.15) is 0 Å². The van der Waals surface area contributed by atoms with Gasteiger partial charge in [-0.05, 0) is 19.3 Å². The van der Waals surface area contributed by atoms with Crippen LogP contribution < -0.4 is 16.0 Å². The molecular weight excluding hydrogens is 959 g/mol. The van der Waals surface area contributed by atoms with E-state index in [1.165, 1.54) is 44.9 Å². The molecule has 0 spiro atoms. The fourth-order valence-corrected chi connectivity index (χ4v) is 6.64. The summed E-state index contributed by atoms with van der Waals surface area (Å²) in [5.41, 5.74) is 0. The highest BCUT2D eigenvalue weighted by atomic mass is 16.6. The lowest BCUT2D eigenvalue weighted by Crippen LogP contribution is -2.41. The number of aliphatic carboxylic acids is 2. The van der Waals surface area contributed by atoms with E-state index in [9.17, 15) is 29.1 Å². The standard InChI is InChI=1S/C51H97N3O19/c1-52-47(55)20-22-62-24-26-64-28-30-66-32-34-68-36-38-70-40-42-72-44-45-73-43-41-71-39-37-69-35-33-67-31-29-65-27-25-63-23-21-53-48(56)19-18-46(51(60)61)54-49(57)16-14-12-10-8-6-4-2-3-5-7-9-11-13-15-17-50(58)59/h46H,2-45H2,1H3,(H,52,55)(H,53,56)(H,54,57)(H,58,59)(H,60,61)/t46-/m0/s1. The van der Waals surface area contributed by atoms with Gasteiger partial charge in [0.05, 0.1) is 159 Å². The maximum absolute atomic E-state index is 12.4. The fourth-order valence-electron chi connectivity index (χ4n) is 6.64. The Bertz CT molecular complexity index is 1260. The van der Waals surface area contributed by atoms with Crippen molar-refractivity contribution in [1.82, 2.24) is 16.0 Å². The summed E-state index contributed by atoms with van der Waals surface area (Å²) in [6.07, 6.45) is 16.0. The summed E-state index contributed by atoms with van der Waals surface area (Å²) < 4.78 is 65.5. The fraction of sp³-hybridized carbons (Fsp3) is 0.902. The molecule has 0 rings (SSSR count). The van der Waals surface area contributed by atoms with Gasteiger partial charge in [0.2, 0.25) is 17.7 Å². The zero-order valence-electron chi connectivity index (χ0n) is 44.5. The molecule has 1 atom stereocenters. The van der Waals surface area contributed by atoms with Crippen molar-refractivity contribution in [1.29, 1.82) is 0 Å². The van der Waals surface area contributed by atoms with E-state index in [1.54, 1.807) is 7.05 Å². The number of carbonyl (C=O) groups is 5. The van der Waals surface area contributed by atoms with Crippen LogP contribution in [0.25, 0.3) is 0 Å². The molecule has 0 fully saturated rings. The number of amides is 3. The maximum Gasteiger partial charge on any atom is 0.326 e.